The Morgan fingerprint density at radius 1 is 1.22 bits per heavy atom. The lowest BCUT2D eigenvalue weighted by Gasteiger charge is -2.20. The molecule has 2 rings (SSSR count). The summed E-state index contributed by atoms with van der Waals surface area (Å²) in [6.45, 7) is 6.35. The van der Waals surface area contributed by atoms with Gasteiger partial charge in [-0.25, -0.2) is 4.98 Å². The highest BCUT2D eigenvalue weighted by atomic mass is 15.5. The van der Waals surface area contributed by atoms with E-state index in [-0.39, 0.29) is 0 Å². The van der Waals surface area contributed by atoms with Crippen LogP contribution in [0.5, 0.6) is 0 Å². The average Bonchev–Trinajstić information content (AvgIpc) is 2.92. The van der Waals surface area contributed by atoms with E-state index >= 15 is 0 Å². The lowest BCUT2D eigenvalue weighted by Crippen LogP contribution is -2.21. The molecular weight excluding hydrogens is 226 g/mol. The molecule has 0 unspecified atom stereocenters. The smallest absolute Gasteiger partial charge is 0.139 e. The number of rotatable bonds is 5. The number of hydrogen-bond donors (Lipinski definition) is 0. The predicted octanol–water partition coefficient (Wildman–Crippen LogP) is 2.01. The number of benzene rings is 1. The van der Waals surface area contributed by atoms with Gasteiger partial charge in [-0.1, -0.05) is 12.1 Å². The largest absolute Gasteiger partial charge is 0.372 e. The highest BCUT2D eigenvalue weighted by Crippen LogP contribution is 2.13. The van der Waals surface area contributed by atoms with E-state index in [1.807, 2.05) is 12.1 Å². The fourth-order valence-electron chi connectivity index (χ4n) is 1.75. The van der Waals surface area contributed by atoms with E-state index in [0.717, 1.165) is 18.7 Å². The molecule has 0 aliphatic carbocycles. The van der Waals surface area contributed by atoms with Crippen LogP contribution in [0.4, 0.5) is 5.69 Å². The minimum atomic E-state index is 1.02. The van der Waals surface area contributed by atoms with Crippen LogP contribution >= 0.6 is 0 Å². The Hall–Kier alpha value is -2.17. The first kappa shape index (κ1) is 12.3. The first-order chi connectivity index (χ1) is 8.83. The van der Waals surface area contributed by atoms with Crippen LogP contribution in [-0.4, -0.2) is 34.2 Å². The predicted molar refractivity (Wildman–Crippen MR) is 73.0 cm³/mol. The molecule has 2 aromatic rings. The first-order valence-corrected chi connectivity index (χ1v) is 6.07. The second-order valence-corrected chi connectivity index (χ2v) is 3.82. The molecule has 0 aliphatic heterocycles. The minimum absolute atomic E-state index is 1.02. The molecule has 0 radical (unpaired) electrons. The van der Waals surface area contributed by atoms with Gasteiger partial charge < -0.3 is 4.90 Å². The average molecular weight is 243 g/mol. The molecule has 0 saturated heterocycles. The zero-order chi connectivity index (χ0) is 12.8. The highest BCUT2D eigenvalue weighted by molar-refractivity contribution is 5.80. The fourth-order valence-corrected chi connectivity index (χ4v) is 1.75. The van der Waals surface area contributed by atoms with E-state index in [2.05, 4.69) is 46.1 Å². The van der Waals surface area contributed by atoms with Crippen molar-refractivity contribution in [2.45, 2.75) is 13.8 Å². The summed E-state index contributed by atoms with van der Waals surface area (Å²) >= 11 is 0. The Morgan fingerprint density at radius 3 is 2.50 bits per heavy atom. The third-order valence-electron chi connectivity index (χ3n) is 2.75. The van der Waals surface area contributed by atoms with Crippen LogP contribution in [0, 0.1) is 0 Å². The van der Waals surface area contributed by atoms with Gasteiger partial charge in [0.2, 0.25) is 0 Å². The third kappa shape index (κ3) is 2.94. The van der Waals surface area contributed by atoms with Crippen molar-refractivity contribution >= 4 is 11.9 Å². The minimum Gasteiger partial charge on any atom is -0.372 e. The summed E-state index contributed by atoms with van der Waals surface area (Å²) in [7, 11) is 0. The summed E-state index contributed by atoms with van der Waals surface area (Å²) in [4.78, 5) is 7.56. The van der Waals surface area contributed by atoms with Gasteiger partial charge in [-0.2, -0.15) is 5.10 Å². The van der Waals surface area contributed by atoms with Crippen molar-refractivity contribution in [2.24, 2.45) is 5.10 Å². The molecule has 94 valence electrons. The molecular formula is C13H17N5. The van der Waals surface area contributed by atoms with Gasteiger partial charge in [-0.15, -0.1) is 9.89 Å². The van der Waals surface area contributed by atoms with Crippen LogP contribution in [0.25, 0.3) is 0 Å². The molecule has 1 aromatic carbocycles. The van der Waals surface area contributed by atoms with Gasteiger partial charge in [0.25, 0.3) is 0 Å². The fraction of sp³-hybridized carbons (Fsp3) is 0.308. The topological polar surface area (TPSA) is 46.3 Å². The van der Waals surface area contributed by atoms with Crippen molar-refractivity contribution in [1.82, 2.24) is 14.9 Å². The van der Waals surface area contributed by atoms with Crippen molar-refractivity contribution in [3.63, 3.8) is 0 Å². The molecule has 5 nitrogen and oxygen atoms in total. The van der Waals surface area contributed by atoms with Gasteiger partial charge in [0.1, 0.15) is 12.7 Å². The van der Waals surface area contributed by atoms with Gasteiger partial charge in [0.05, 0.1) is 6.21 Å². The summed E-state index contributed by atoms with van der Waals surface area (Å²) in [5.41, 5.74) is 2.28. The van der Waals surface area contributed by atoms with Crippen molar-refractivity contribution < 1.29 is 0 Å². The van der Waals surface area contributed by atoms with Crippen molar-refractivity contribution in [3.8, 4) is 0 Å². The van der Waals surface area contributed by atoms with Crippen LogP contribution in [0.1, 0.15) is 19.4 Å². The summed E-state index contributed by atoms with van der Waals surface area (Å²) in [5.74, 6) is 0. The van der Waals surface area contributed by atoms with Crippen LogP contribution in [0.3, 0.4) is 0 Å². The Labute approximate surface area is 107 Å². The molecule has 1 aromatic heterocycles. The Bertz CT molecular complexity index is 483. The number of anilines is 1. The van der Waals surface area contributed by atoms with Gasteiger partial charge in [0, 0.05) is 18.8 Å². The number of nitrogens with zero attached hydrogens (tertiary/aromatic N) is 5. The van der Waals surface area contributed by atoms with Crippen molar-refractivity contribution in [2.75, 3.05) is 18.0 Å². The molecule has 0 bridgehead atoms. The maximum atomic E-state index is 4.16. The normalized spacial score (nSPS) is 11.0. The summed E-state index contributed by atoms with van der Waals surface area (Å²) < 4.78 is 0. The summed E-state index contributed by atoms with van der Waals surface area (Å²) in [5, 5.41) is 8.06. The van der Waals surface area contributed by atoms with Gasteiger partial charge in [0.15, 0.2) is 0 Å². The molecule has 0 atom stereocenters. The van der Waals surface area contributed by atoms with Crippen LogP contribution in [0.2, 0.25) is 0 Å². The Morgan fingerprint density at radius 2 is 1.94 bits per heavy atom. The van der Waals surface area contributed by atoms with Crippen molar-refractivity contribution in [1.29, 1.82) is 0 Å². The molecule has 18 heavy (non-hydrogen) atoms. The SMILES string of the molecule is CCN(CC)c1ccc(/C=N\n2cncn2)cc1. The van der Waals surface area contributed by atoms with E-state index in [9.17, 15) is 0 Å². The van der Waals surface area contributed by atoms with Gasteiger partial charge in [-0.3, -0.25) is 0 Å². The Balaban J connectivity index is 2.08. The lowest BCUT2D eigenvalue weighted by atomic mass is 10.2. The van der Waals surface area contributed by atoms with E-state index in [0.29, 0.717) is 0 Å². The van der Waals surface area contributed by atoms with E-state index in [1.165, 1.54) is 16.8 Å². The molecule has 0 fully saturated rings. The molecule has 1 heterocycles. The van der Waals surface area contributed by atoms with Gasteiger partial charge in [-0.05, 0) is 31.5 Å². The van der Waals surface area contributed by atoms with Crippen LogP contribution in [0.15, 0.2) is 42.0 Å². The highest BCUT2D eigenvalue weighted by Gasteiger charge is 2.00. The molecule has 0 amide bonds. The third-order valence-corrected chi connectivity index (χ3v) is 2.75. The second-order valence-electron chi connectivity index (χ2n) is 3.82. The van der Waals surface area contributed by atoms with Gasteiger partial charge >= 0.3 is 0 Å². The molecule has 0 spiro atoms. The molecule has 5 heteroatoms. The molecule has 0 aliphatic rings. The standard InChI is InChI=1S/C13H17N5/c1-3-17(4-2)13-7-5-12(6-8-13)9-15-18-11-14-10-16-18/h5-11H,3-4H2,1-2H3/b15-9-. The maximum absolute atomic E-state index is 4.16. The van der Waals surface area contributed by atoms with Crippen LogP contribution < -0.4 is 4.90 Å². The zero-order valence-corrected chi connectivity index (χ0v) is 10.7. The number of aromatic nitrogens is 3. The molecule has 0 N–H and O–H groups in total. The van der Waals surface area contributed by atoms with E-state index in [4.69, 9.17) is 0 Å². The maximum Gasteiger partial charge on any atom is 0.139 e. The second kappa shape index (κ2) is 5.95. The van der Waals surface area contributed by atoms with Crippen molar-refractivity contribution in [3.05, 3.63) is 42.5 Å². The zero-order valence-electron chi connectivity index (χ0n) is 10.7. The van der Waals surface area contributed by atoms with E-state index in [1.54, 1.807) is 12.5 Å². The lowest BCUT2D eigenvalue weighted by molar-refractivity contribution is 0.743. The molecule has 0 saturated carbocycles. The van der Waals surface area contributed by atoms with E-state index < -0.39 is 0 Å². The first-order valence-electron chi connectivity index (χ1n) is 6.07. The summed E-state index contributed by atoms with van der Waals surface area (Å²) in [6.07, 6.45) is 4.78. The quantitative estimate of drug-likeness (QED) is 0.755. The Kier molecular flexibility index (Phi) is 4.06. The van der Waals surface area contributed by atoms with Crippen LogP contribution in [-0.2, 0) is 0 Å². The monoisotopic (exact) mass is 243 g/mol. The number of hydrogen-bond acceptors (Lipinski definition) is 4. The summed E-state index contributed by atoms with van der Waals surface area (Å²) in [6, 6.07) is 8.31.